The van der Waals surface area contributed by atoms with Gasteiger partial charge in [0, 0.05) is 32.7 Å². The Bertz CT molecular complexity index is 927. The molecule has 2 fully saturated rings. The number of piperazine rings is 1. The van der Waals surface area contributed by atoms with Crippen LogP contribution in [-0.2, 0) is 0 Å². The Kier molecular flexibility index (Phi) is 6.34. The molecule has 2 aliphatic rings. The average molecular weight is 449 g/mol. The number of nitrogens with zero attached hydrogens (tertiary/aromatic N) is 5. The summed E-state index contributed by atoms with van der Waals surface area (Å²) in [6.45, 7) is 2.92. The van der Waals surface area contributed by atoms with Crippen LogP contribution in [0.1, 0.15) is 40.1 Å². The molecule has 0 spiro atoms. The van der Waals surface area contributed by atoms with Crippen molar-refractivity contribution in [2.75, 3.05) is 37.6 Å². The van der Waals surface area contributed by atoms with Crippen molar-refractivity contribution < 1.29 is 9.59 Å². The molecular formula is C20H22Cl2N6O2. The molecule has 4 rings (SSSR count). The highest BCUT2D eigenvalue weighted by Gasteiger charge is 2.25. The zero-order valence-corrected chi connectivity index (χ0v) is 17.9. The maximum absolute atomic E-state index is 12.7. The third kappa shape index (κ3) is 4.99. The van der Waals surface area contributed by atoms with Crippen LogP contribution in [0.4, 0.5) is 5.82 Å². The second kappa shape index (κ2) is 9.14. The molecule has 0 aromatic carbocycles. The molecule has 0 atom stereocenters. The zero-order chi connectivity index (χ0) is 21.1. The highest BCUT2D eigenvalue weighted by atomic mass is 35.5. The van der Waals surface area contributed by atoms with E-state index in [2.05, 4.69) is 20.5 Å². The number of hydrogen-bond donors (Lipinski definition) is 1. The van der Waals surface area contributed by atoms with Gasteiger partial charge in [0.25, 0.3) is 11.8 Å². The minimum Gasteiger partial charge on any atom is -0.352 e. The highest BCUT2D eigenvalue weighted by Crippen LogP contribution is 2.31. The van der Waals surface area contributed by atoms with Crippen molar-refractivity contribution in [1.82, 2.24) is 25.4 Å². The van der Waals surface area contributed by atoms with Crippen molar-refractivity contribution in [3.63, 3.8) is 0 Å². The van der Waals surface area contributed by atoms with Crippen LogP contribution in [0.5, 0.6) is 0 Å². The lowest BCUT2D eigenvalue weighted by molar-refractivity contribution is 0.0746. The van der Waals surface area contributed by atoms with Gasteiger partial charge in [-0.05, 0) is 36.6 Å². The van der Waals surface area contributed by atoms with Gasteiger partial charge in [-0.25, -0.2) is 4.98 Å². The third-order valence-electron chi connectivity index (χ3n) is 5.35. The minimum atomic E-state index is -0.196. The number of hydrogen-bond acceptors (Lipinski definition) is 6. The van der Waals surface area contributed by atoms with Crippen LogP contribution in [0.25, 0.3) is 0 Å². The number of pyridine rings is 1. The molecule has 10 heteroatoms. The Morgan fingerprint density at radius 2 is 1.80 bits per heavy atom. The van der Waals surface area contributed by atoms with Crippen LogP contribution < -0.4 is 10.2 Å². The first-order valence-electron chi connectivity index (χ1n) is 9.99. The first kappa shape index (κ1) is 20.8. The first-order valence-corrected chi connectivity index (χ1v) is 10.7. The van der Waals surface area contributed by atoms with E-state index in [1.54, 1.807) is 29.2 Å². The normalized spacial score (nSPS) is 16.5. The summed E-state index contributed by atoms with van der Waals surface area (Å²) in [5.41, 5.74) is 0.652. The zero-order valence-electron chi connectivity index (χ0n) is 16.4. The van der Waals surface area contributed by atoms with Gasteiger partial charge in [-0.15, -0.1) is 10.2 Å². The summed E-state index contributed by atoms with van der Waals surface area (Å²) >= 11 is 11.9. The Morgan fingerprint density at radius 1 is 1.03 bits per heavy atom. The summed E-state index contributed by atoms with van der Waals surface area (Å²) < 4.78 is 0. The first-order chi connectivity index (χ1) is 14.5. The van der Waals surface area contributed by atoms with Crippen molar-refractivity contribution in [2.24, 2.45) is 5.92 Å². The van der Waals surface area contributed by atoms with Gasteiger partial charge < -0.3 is 15.1 Å². The molecule has 3 heterocycles. The van der Waals surface area contributed by atoms with Crippen LogP contribution in [0.3, 0.4) is 0 Å². The molecule has 2 aromatic rings. The number of amides is 2. The SMILES string of the molecule is O=C(NCCC1CC1)c1ccc(N2CCN(C(=O)c3ccc(Cl)nc3Cl)CC2)nn1. The molecule has 1 N–H and O–H groups in total. The Morgan fingerprint density at radius 3 is 2.43 bits per heavy atom. The molecule has 0 bridgehead atoms. The fourth-order valence-electron chi connectivity index (χ4n) is 3.38. The van der Waals surface area contributed by atoms with E-state index in [9.17, 15) is 9.59 Å². The molecule has 2 aromatic heterocycles. The average Bonchev–Trinajstić information content (AvgIpc) is 3.58. The fraction of sp³-hybridized carbons (Fsp3) is 0.450. The summed E-state index contributed by atoms with van der Waals surface area (Å²) in [5, 5.41) is 11.5. The van der Waals surface area contributed by atoms with Gasteiger partial charge in [-0.1, -0.05) is 36.0 Å². The van der Waals surface area contributed by atoms with Gasteiger partial charge in [-0.2, -0.15) is 0 Å². The largest absolute Gasteiger partial charge is 0.352 e. The van der Waals surface area contributed by atoms with E-state index < -0.39 is 0 Å². The van der Waals surface area contributed by atoms with Gasteiger partial charge in [0.05, 0.1) is 5.56 Å². The van der Waals surface area contributed by atoms with E-state index in [4.69, 9.17) is 23.2 Å². The predicted molar refractivity (Wildman–Crippen MR) is 114 cm³/mol. The van der Waals surface area contributed by atoms with E-state index in [1.807, 2.05) is 4.90 Å². The van der Waals surface area contributed by atoms with Gasteiger partial charge >= 0.3 is 0 Å². The van der Waals surface area contributed by atoms with Crippen LogP contribution in [0.15, 0.2) is 24.3 Å². The molecular weight excluding hydrogens is 427 g/mol. The van der Waals surface area contributed by atoms with Crippen molar-refractivity contribution >= 4 is 40.8 Å². The van der Waals surface area contributed by atoms with Crippen molar-refractivity contribution in [1.29, 1.82) is 0 Å². The van der Waals surface area contributed by atoms with Gasteiger partial charge in [0.15, 0.2) is 11.5 Å². The summed E-state index contributed by atoms with van der Waals surface area (Å²) in [6, 6.07) is 6.62. The standard InChI is InChI=1S/C20H22Cl2N6O2/c21-16-5-3-14(18(22)24-16)20(30)28-11-9-27(10-12-28)17-6-4-15(25-26-17)19(29)23-8-7-13-1-2-13/h3-6,13H,1-2,7-12H2,(H,23,29). The fourth-order valence-corrected chi connectivity index (χ4v) is 3.81. The van der Waals surface area contributed by atoms with E-state index in [0.29, 0.717) is 49.8 Å². The van der Waals surface area contributed by atoms with E-state index in [0.717, 1.165) is 12.3 Å². The molecule has 158 valence electrons. The number of carbonyl (C=O) groups is 2. The van der Waals surface area contributed by atoms with Gasteiger partial charge in [0.2, 0.25) is 0 Å². The molecule has 1 saturated carbocycles. The molecule has 30 heavy (non-hydrogen) atoms. The summed E-state index contributed by atoms with van der Waals surface area (Å²) in [4.78, 5) is 32.5. The number of carbonyl (C=O) groups excluding carboxylic acids is 2. The molecule has 8 nitrogen and oxygen atoms in total. The summed E-state index contributed by atoms with van der Waals surface area (Å²) in [7, 11) is 0. The van der Waals surface area contributed by atoms with Gasteiger partial charge in [-0.3, -0.25) is 9.59 Å². The van der Waals surface area contributed by atoms with Gasteiger partial charge in [0.1, 0.15) is 10.3 Å². The smallest absolute Gasteiger partial charge is 0.271 e. The predicted octanol–water partition coefficient (Wildman–Crippen LogP) is 2.67. The molecule has 1 aliphatic carbocycles. The lowest BCUT2D eigenvalue weighted by Crippen LogP contribution is -2.49. The van der Waals surface area contributed by atoms with E-state index in [-0.39, 0.29) is 22.1 Å². The van der Waals surface area contributed by atoms with Crippen molar-refractivity contribution in [2.45, 2.75) is 19.3 Å². The maximum Gasteiger partial charge on any atom is 0.271 e. The lowest BCUT2D eigenvalue weighted by atomic mass is 10.2. The van der Waals surface area contributed by atoms with Crippen LogP contribution >= 0.6 is 23.2 Å². The maximum atomic E-state index is 12.7. The summed E-state index contributed by atoms with van der Waals surface area (Å²) in [5.74, 6) is 1.09. The van der Waals surface area contributed by atoms with E-state index >= 15 is 0 Å². The Labute approximate surface area is 184 Å². The number of anilines is 1. The Hall–Kier alpha value is -2.45. The quantitative estimate of drug-likeness (QED) is 0.682. The van der Waals surface area contributed by atoms with Crippen molar-refractivity contribution in [3.8, 4) is 0 Å². The lowest BCUT2D eigenvalue weighted by Gasteiger charge is -2.35. The Balaban J connectivity index is 1.30. The second-order valence-corrected chi connectivity index (χ2v) is 8.26. The van der Waals surface area contributed by atoms with Crippen LogP contribution in [0, 0.1) is 5.92 Å². The van der Waals surface area contributed by atoms with Crippen LogP contribution in [0.2, 0.25) is 10.3 Å². The van der Waals surface area contributed by atoms with Crippen LogP contribution in [-0.4, -0.2) is 64.6 Å². The number of rotatable bonds is 6. The topological polar surface area (TPSA) is 91.3 Å². The molecule has 1 aliphatic heterocycles. The second-order valence-electron chi connectivity index (χ2n) is 7.52. The molecule has 2 amide bonds. The highest BCUT2D eigenvalue weighted by molar-refractivity contribution is 6.34. The molecule has 0 radical (unpaired) electrons. The van der Waals surface area contributed by atoms with Crippen molar-refractivity contribution in [3.05, 3.63) is 45.8 Å². The van der Waals surface area contributed by atoms with E-state index in [1.165, 1.54) is 12.8 Å². The monoisotopic (exact) mass is 448 g/mol. The molecule has 1 saturated heterocycles. The minimum absolute atomic E-state index is 0.104. The summed E-state index contributed by atoms with van der Waals surface area (Å²) in [6.07, 6.45) is 3.57. The number of nitrogens with one attached hydrogen (secondary N) is 1. The third-order valence-corrected chi connectivity index (χ3v) is 5.85. The molecule has 0 unspecified atom stereocenters. The number of aromatic nitrogens is 3. The number of halogens is 2.